The predicted octanol–water partition coefficient (Wildman–Crippen LogP) is 6.16. The number of rotatable bonds is 13. The quantitative estimate of drug-likeness (QED) is 0.271. The first-order valence-electron chi connectivity index (χ1n) is 10.8. The Bertz CT molecular complexity index is 1050. The van der Waals surface area contributed by atoms with E-state index in [1.165, 1.54) is 6.08 Å². The van der Waals surface area contributed by atoms with Gasteiger partial charge in [-0.2, -0.15) is 0 Å². The summed E-state index contributed by atoms with van der Waals surface area (Å²) in [6, 6.07) is 11.0. The summed E-state index contributed by atoms with van der Waals surface area (Å²) in [5, 5.41) is 0. The van der Waals surface area contributed by atoms with Crippen molar-refractivity contribution < 1.29 is 23.7 Å². The van der Waals surface area contributed by atoms with Crippen molar-refractivity contribution in [1.82, 2.24) is 0 Å². The number of ether oxygens (including phenoxy) is 4. The van der Waals surface area contributed by atoms with Crippen LogP contribution in [0.3, 0.4) is 0 Å². The van der Waals surface area contributed by atoms with Crippen LogP contribution in [0.4, 0.5) is 0 Å². The van der Waals surface area contributed by atoms with Gasteiger partial charge < -0.3 is 18.9 Å². The minimum absolute atomic E-state index is 0.216. The van der Waals surface area contributed by atoms with Crippen LogP contribution in [0.1, 0.15) is 25.0 Å². The Morgan fingerprint density at radius 1 is 0.879 bits per heavy atom. The Morgan fingerprint density at radius 2 is 1.39 bits per heavy atom. The summed E-state index contributed by atoms with van der Waals surface area (Å²) in [6.45, 7) is 16.7. The summed E-state index contributed by atoms with van der Waals surface area (Å²) in [5.74, 6) is 1.90. The van der Waals surface area contributed by atoms with E-state index in [1.54, 1.807) is 32.4 Å². The fourth-order valence-electron chi connectivity index (χ4n) is 3.37. The predicted molar refractivity (Wildman–Crippen MR) is 134 cm³/mol. The molecular formula is C28H32O5. The first kappa shape index (κ1) is 25.5. The maximum atomic E-state index is 12.8. The molecule has 0 heterocycles. The minimum Gasteiger partial charge on any atom is -0.493 e. The highest BCUT2D eigenvalue weighted by Gasteiger charge is 2.18. The summed E-state index contributed by atoms with van der Waals surface area (Å²) in [7, 11) is 3.17. The second kappa shape index (κ2) is 12.3. The lowest BCUT2D eigenvalue weighted by Crippen LogP contribution is -2.05. The maximum absolute atomic E-state index is 12.8. The molecule has 2 aromatic carbocycles. The molecule has 0 spiro atoms. The van der Waals surface area contributed by atoms with E-state index >= 15 is 0 Å². The van der Waals surface area contributed by atoms with Crippen LogP contribution in [0, 0.1) is 5.92 Å². The van der Waals surface area contributed by atoms with Crippen molar-refractivity contribution in [2.24, 2.45) is 5.92 Å². The molecule has 2 rings (SSSR count). The molecule has 0 amide bonds. The number of hydrogen-bond acceptors (Lipinski definition) is 5. The fourth-order valence-corrected chi connectivity index (χ4v) is 3.37. The molecule has 2 aromatic rings. The van der Waals surface area contributed by atoms with Crippen LogP contribution in [0.25, 0.3) is 11.1 Å². The van der Waals surface area contributed by atoms with E-state index in [4.69, 9.17) is 18.9 Å². The van der Waals surface area contributed by atoms with Gasteiger partial charge in [-0.05, 0) is 60.9 Å². The van der Waals surface area contributed by atoms with Crippen molar-refractivity contribution >= 4 is 16.9 Å². The molecule has 0 aliphatic carbocycles. The lowest BCUT2D eigenvalue weighted by Gasteiger charge is -2.17. The number of carbonyl (C=O) groups is 1. The molecule has 1 unspecified atom stereocenters. The SMILES string of the molecule is C=CC(=O)C(=CC(C=C)C(=C)c1ccc(OC)c(OCC)c1)c1ccc(OC)c(OCC)c1. The first-order chi connectivity index (χ1) is 15.9. The van der Waals surface area contributed by atoms with Gasteiger partial charge in [-0.15, -0.1) is 6.58 Å². The molecule has 0 bridgehead atoms. The monoisotopic (exact) mass is 448 g/mol. The van der Waals surface area contributed by atoms with Gasteiger partial charge in [0, 0.05) is 11.5 Å². The highest BCUT2D eigenvalue weighted by molar-refractivity contribution is 6.26. The first-order valence-corrected chi connectivity index (χ1v) is 10.8. The number of methoxy groups -OCH3 is 2. The summed E-state index contributed by atoms with van der Waals surface area (Å²) >= 11 is 0. The van der Waals surface area contributed by atoms with Gasteiger partial charge in [0.2, 0.25) is 0 Å². The Balaban J connectivity index is 2.53. The summed E-state index contributed by atoms with van der Waals surface area (Å²) in [6.07, 6.45) is 4.87. The highest BCUT2D eigenvalue weighted by atomic mass is 16.5. The van der Waals surface area contributed by atoms with Crippen LogP contribution in [-0.4, -0.2) is 33.2 Å². The molecule has 0 N–H and O–H groups in total. The van der Waals surface area contributed by atoms with Gasteiger partial charge in [0.05, 0.1) is 27.4 Å². The zero-order valence-electron chi connectivity index (χ0n) is 19.9. The lowest BCUT2D eigenvalue weighted by molar-refractivity contribution is -0.109. The topological polar surface area (TPSA) is 54.0 Å². The number of carbonyl (C=O) groups excluding carboxylic acids is 1. The Hall–Kier alpha value is -3.73. The van der Waals surface area contributed by atoms with Crippen LogP contribution in [0.2, 0.25) is 0 Å². The normalized spacial score (nSPS) is 11.8. The highest BCUT2D eigenvalue weighted by Crippen LogP contribution is 2.36. The van der Waals surface area contributed by atoms with E-state index < -0.39 is 0 Å². The van der Waals surface area contributed by atoms with Crippen molar-refractivity contribution in [2.75, 3.05) is 27.4 Å². The van der Waals surface area contributed by atoms with Gasteiger partial charge in [0.25, 0.3) is 0 Å². The molecule has 0 fully saturated rings. The molecular weight excluding hydrogens is 416 g/mol. The average Bonchev–Trinajstić information content (AvgIpc) is 2.84. The van der Waals surface area contributed by atoms with Crippen LogP contribution >= 0.6 is 0 Å². The number of ketones is 1. The maximum Gasteiger partial charge on any atom is 0.185 e. The van der Waals surface area contributed by atoms with Gasteiger partial charge in [0.15, 0.2) is 28.8 Å². The van der Waals surface area contributed by atoms with E-state index in [9.17, 15) is 4.79 Å². The van der Waals surface area contributed by atoms with Crippen LogP contribution in [-0.2, 0) is 4.79 Å². The number of allylic oxidation sites excluding steroid dienone is 5. The van der Waals surface area contributed by atoms with E-state index in [2.05, 4.69) is 19.7 Å². The van der Waals surface area contributed by atoms with Crippen LogP contribution in [0.15, 0.2) is 74.4 Å². The molecule has 0 radical (unpaired) electrons. The van der Waals surface area contributed by atoms with E-state index in [0.29, 0.717) is 47.3 Å². The zero-order chi connectivity index (χ0) is 24.4. The number of hydrogen-bond donors (Lipinski definition) is 0. The van der Waals surface area contributed by atoms with E-state index in [-0.39, 0.29) is 11.7 Å². The van der Waals surface area contributed by atoms with Crippen molar-refractivity contribution in [3.05, 3.63) is 85.5 Å². The Kier molecular flexibility index (Phi) is 9.55. The van der Waals surface area contributed by atoms with Crippen molar-refractivity contribution in [2.45, 2.75) is 13.8 Å². The van der Waals surface area contributed by atoms with Crippen molar-refractivity contribution in [1.29, 1.82) is 0 Å². The molecule has 5 heteroatoms. The Labute approximate surface area is 196 Å². The molecule has 0 aliphatic heterocycles. The third kappa shape index (κ3) is 6.16. The van der Waals surface area contributed by atoms with Gasteiger partial charge in [0.1, 0.15) is 0 Å². The smallest absolute Gasteiger partial charge is 0.185 e. The lowest BCUT2D eigenvalue weighted by atomic mass is 9.89. The average molecular weight is 449 g/mol. The summed E-state index contributed by atoms with van der Waals surface area (Å²) in [4.78, 5) is 12.8. The van der Waals surface area contributed by atoms with Gasteiger partial charge in [-0.25, -0.2) is 0 Å². The molecule has 33 heavy (non-hydrogen) atoms. The second-order valence-electron chi connectivity index (χ2n) is 7.03. The van der Waals surface area contributed by atoms with Crippen molar-refractivity contribution in [3.63, 3.8) is 0 Å². The molecule has 5 nitrogen and oxygen atoms in total. The zero-order valence-corrected chi connectivity index (χ0v) is 19.9. The minimum atomic E-state index is -0.315. The molecule has 0 saturated heterocycles. The van der Waals surface area contributed by atoms with E-state index in [1.807, 2.05) is 44.2 Å². The van der Waals surface area contributed by atoms with Gasteiger partial charge in [-0.1, -0.05) is 37.4 Å². The summed E-state index contributed by atoms with van der Waals surface area (Å²) < 4.78 is 22.1. The molecule has 0 aromatic heterocycles. The Morgan fingerprint density at radius 3 is 1.85 bits per heavy atom. The molecule has 174 valence electrons. The van der Waals surface area contributed by atoms with Crippen molar-refractivity contribution in [3.8, 4) is 23.0 Å². The third-order valence-corrected chi connectivity index (χ3v) is 5.06. The number of benzene rings is 2. The van der Waals surface area contributed by atoms with Gasteiger partial charge in [-0.3, -0.25) is 4.79 Å². The van der Waals surface area contributed by atoms with Crippen LogP contribution < -0.4 is 18.9 Å². The van der Waals surface area contributed by atoms with E-state index in [0.717, 1.165) is 11.1 Å². The third-order valence-electron chi connectivity index (χ3n) is 5.06. The standard InChI is InChI=1S/C28H32O5/c1-8-20(19(5)21-12-14-25(30-6)27(17-21)32-10-3)16-23(24(29)9-2)22-13-15-26(31-7)28(18-22)33-11-4/h8-9,12-18,20H,1-2,5,10-11H2,3-4,6-7H3. The second-order valence-corrected chi connectivity index (χ2v) is 7.03. The molecule has 0 aliphatic rings. The molecule has 0 saturated carbocycles. The van der Waals surface area contributed by atoms with Gasteiger partial charge >= 0.3 is 0 Å². The largest absolute Gasteiger partial charge is 0.493 e. The summed E-state index contributed by atoms with van der Waals surface area (Å²) in [5.41, 5.74) is 2.78. The fraction of sp³-hybridized carbons (Fsp3) is 0.250. The molecule has 1 atom stereocenters. The van der Waals surface area contributed by atoms with Crippen LogP contribution in [0.5, 0.6) is 23.0 Å².